The third-order valence-corrected chi connectivity index (χ3v) is 2.52. The van der Waals surface area contributed by atoms with E-state index in [-0.39, 0.29) is 30.7 Å². The highest BCUT2D eigenvalue weighted by Crippen LogP contribution is 2.05. The van der Waals surface area contributed by atoms with Crippen molar-refractivity contribution in [1.82, 2.24) is 15.2 Å². The van der Waals surface area contributed by atoms with Crippen LogP contribution in [0.25, 0.3) is 0 Å². The van der Waals surface area contributed by atoms with E-state index in [1.54, 1.807) is 6.20 Å². The molecule has 1 aliphatic heterocycles. The van der Waals surface area contributed by atoms with Gasteiger partial charge in [-0.25, -0.2) is 0 Å². The first-order chi connectivity index (χ1) is 7.36. The highest BCUT2D eigenvalue weighted by Gasteiger charge is 2.15. The Kier molecular flexibility index (Phi) is 7.87. The van der Waals surface area contributed by atoms with E-state index in [2.05, 4.69) is 10.3 Å². The molecular weight excluding hydrogens is 261 g/mol. The van der Waals surface area contributed by atoms with E-state index in [4.69, 9.17) is 0 Å². The lowest BCUT2D eigenvalue weighted by molar-refractivity contribution is -0.130. The lowest BCUT2D eigenvalue weighted by Gasteiger charge is -2.19. The summed E-state index contributed by atoms with van der Waals surface area (Å²) in [5.74, 6) is 0.226. The molecule has 1 N–H and O–H groups in total. The van der Waals surface area contributed by atoms with Gasteiger partial charge in [0.15, 0.2) is 0 Å². The van der Waals surface area contributed by atoms with Crippen molar-refractivity contribution in [2.75, 3.05) is 19.6 Å². The summed E-state index contributed by atoms with van der Waals surface area (Å²) in [5.41, 5.74) is 1.09. The van der Waals surface area contributed by atoms with E-state index in [9.17, 15) is 4.79 Å². The highest BCUT2D eigenvalue weighted by molar-refractivity contribution is 5.85. The topological polar surface area (TPSA) is 45.2 Å². The molecule has 2 rings (SSSR count). The molecule has 1 saturated heterocycles. The van der Waals surface area contributed by atoms with Gasteiger partial charge in [0.2, 0.25) is 5.91 Å². The predicted octanol–water partition coefficient (Wildman–Crippen LogP) is 1.25. The zero-order valence-corrected chi connectivity index (χ0v) is 11.1. The van der Waals surface area contributed by atoms with Gasteiger partial charge in [-0.15, -0.1) is 24.8 Å². The van der Waals surface area contributed by atoms with Gasteiger partial charge >= 0.3 is 0 Å². The van der Waals surface area contributed by atoms with Crippen LogP contribution in [-0.2, 0) is 11.3 Å². The minimum atomic E-state index is 0. The van der Waals surface area contributed by atoms with Crippen molar-refractivity contribution in [3.05, 3.63) is 30.1 Å². The Labute approximate surface area is 114 Å². The first kappa shape index (κ1) is 16.2. The second kappa shape index (κ2) is 8.28. The molecule has 1 aromatic rings. The molecule has 0 unspecified atom stereocenters. The number of nitrogens with zero attached hydrogens (tertiary/aromatic N) is 2. The SMILES string of the molecule is Cl.Cl.O=C1CCNCCN1Cc1cccnc1. The lowest BCUT2D eigenvalue weighted by Crippen LogP contribution is -2.31. The molecular formula is C11H17Cl2N3O. The lowest BCUT2D eigenvalue weighted by atomic mass is 10.2. The summed E-state index contributed by atoms with van der Waals surface area (Å²) in [6, 6.07) is 3.90. The first-order valence-corrected chi connectivity index (χ1v) is 5.23. The van der Waals surface area contributed by atoms with Crippen LogP contribution in [0, 0.1) is 0 Å². The maximum Gasteiger partial charge on any atom is 0.224 e. The predicted molar refractivity (Wildman–Crippen MR) is 71.6 cm³/mol. The first-order valence-electron chi connectivity index (χ1n) is 5.23. The average Bonchev–Trinajstić information content (AvgIpc) is 2.46. The fraction of sp³-hybridized carbons (Fsp3) is 0.455. The minimum Gasteiger partial charge on any atom is -0.337 e. The number of rotatable bonds is 2. The van der Waals surface area contributed by atoms with Crippen molar-refractivity contribution in [2.45, 2.75) is 13.0 Å². The molecule has 0 radical (unpaired) electrons. The summed E-state index contributed by atoms with van der Waals surface area (Å²) >= 11 is 0. The minimum absolute atomic E-state index is 0. The third-order valence-electron chi connectivity index (χ3n) is 2.52. The Balaban J connectivity index is 0.00000128. The molecule has 17 heavy (non-hydrogen) atoms. The molecule has 0 aliphatic carbocycles. The number of halogens is 2. The average molecular weight is 278 g/mol. The smallest absolute Gasteiger partial charge is 0.224 e. The zero-order valence-electron chi connectivity index (χ0n) is 9.46. The Morgan fingerprint density at radius 2 is 2.18 bits per heavy atom. The van der Waals surface area contributed by atoms with Crippen molar-refractivity contribution < 1.29 is 4.79 Å². The monoisotopic (exact) mass is 277 g/mol. The van der Waals surface area contributed by atoms with Gasteiger partial charge in [0.05, 0.1) is 0 Å². The maximum absolute atomic E-state index is 11.7. The standard InChI is InChI=1S/C11H15N3O.2ClH/c15-11-3-5-12-6-7-14(11)9-10-2-1-4-13-8-10;;/h1-2,4,8,12H,3,5-7,9H2;2*1H. The van der Waals surface area contributed by atoms with Crippen molar-refractivity contribution in [3.63, 3.8) is 0 Å². The second-order valence-electron chi connectivity index (χ2n) is 3.68. The summed E-state index contributed by atoms with van der Waals surface area (Å²) < 4.78 is 0. The van der Waals surface area contributed by atoms with Gasteiger partial charge in [-0.1, -0.05) is 6.07 Å². The van der Waals surface area contributed by atoms with Gasteiger partial charge in [0.25, 0.3) is 0 Å². The van der Waals surface area contributed by atoms with Gasteiger partial charge in [-0.05, 0) is 11.6 Å². The summed E-state index contributed by atoms with van der Waals surface area (Å²) in [6.07, 6.45) is 4.15. The van der Waals surface area contributed by atoms with Crippen LogP contribution in [0.1, 0.15) is 12.0 Å². The number of nitrogens with one attached hydrogen (secondary N) is 1. The molecule has 0 bridgehead atoms. The second-order valence-corrected chi connectivity index (χ2v) is 3.68. The largest absolute Gasteiger partial charge is 0.337 e. The Morgan fingerprint density at radius 1 is 1.35 bits per heavy atom. The number of hydrogen-bond donors (Lipinski definition) is 1. The summed E-state index contributed by atoms with van der Waals surface area (Å²) in [6.45, 7) is 3.14. The third kappa shape index (κ3) is 4.89. The number of amides is 1. The van der Waals surface area contributed by atoms with Crippen LogP contribution in [0.15, 0.2) is 24.5 Å². The van der Waals surface area contributed by atoms with Crippen molar-refractivity contribution in [1.29, 1.82) is 0 Å². The van der Waals surface area contributed by atoms with Gasteiger partial charge in [-0.2, -0.15) is 0 Å². The molecule has 4 nitrogen and oxygen atoms in total. The molecule has 96 valence electrons. The van der Waals surface area contributed by atoms with Gasteiger partial charge in [-0.3, -0.25) is 9.78 Å². The summed E-state index contributed by atoms with van der Waals surface area (Å²) in [7, 11) is 0. The highest BCUT2D eigenvalue weighted by atomic mass is 35.5. The van der Waals surface area contributed by atoms with Crippen LogP contribution < -0.4 is 5.32 Å². The van der Waals surface area contributed by atoms with Crippen LogP contribution in [0.5, 0.6) is 0 Å². The van der Waals surface area contributed by atoms with Crippen LogP contribution in [-0.4, -0.2) is 35.4 Å². The number of hydrogen-bond acceptors (Lipinski definition) is 3. The molecule has 6 heteroatoms. The number of pyridine rings is 1. The summed E-state index contributed by atoms with van der Waals surface area (Å²) in [5, 5.41) is 3.22. The molecule has 0 atom stereocenters. The number of carbonyl (C=O) groups excluding carboxylic acids is 1. The van der Waals surface area contributed by atoms with Gasteiger partial charge in [0, 0.05) is 45.0 Å². The van der Waals surface area contributed by atoms with Crippen LogP contribution in [0.2, 0.25) is 0 Å². The zero-order chi connectivity index (χ0) is 10.5. The van der Waals surface area contributed by atoms with Crippen molar-refractivity contribution in [2.24, 2.45) is 0 Å². The van der Waals surface area contributed by atoms with Crippen LogP contribution in [0.3, 0.4) is 0 Å². The Bertz CT molecular complexity index is 335. The Hall–Kier alpha value is -0.840. The van der Waals surface area contributed by atoms with Crippen LogP contribution in [0.4, 0.5) is 0 Å². The molecule has 0 aromatic carbocycles. The molecule has 0 spiro atoms. The van der Waals surface area contributed by atoms with E-state index in [0.717, 1.165) is 25.2 Å². The molecule has 2 heterocycles. The normalized spacial score (nSPS) is 15.5. The van der Waals surface area contributed by atoms with E-state index in [1.807, 2.05) is 23.2 Å². The van der Waals surface area contributed by atoms with Crippen LogP contribution >= 0.6 is 24.8 Å². The number of aromatic nitrogens is 1. The maximum atomic E-state index is 11.7. The number of carbonyl (C=O) groups is 1. The summed E-state index contributed by atoms with van der Waals surface area (Å²) in [4.78, 5) is 17.6. The van der Waals surface area contributed by atoms with E-state index in [0.29, 0.717) is 13.0 Å². The fourth-order valence-corrected chi connectivity index (χ4v) is 1.70. The fourth-order valence-electron chi connectivity index (χ4n) is 1.70. The molecule has 1 aliphatic rings. The van der Waals surface area contributed by atoms with Gasteiger partial charge in [0.1, 0.15) is 0 Å². The van der Waals surface area contributed by atoms with Gasteiger partial charge < -0.3 is 10.2 Å². The van der Waals surface area contributed by atoms with Crippen molar-refractivity contribution >= 4 is 30.7 Å². The molecule has 1 fully saturated rings. The van der Waals surface area contributed by atoms with Crippen molar-refractivity contribution in [3.8, 4) is 0 Å². The Morgan fingerprint density at radius 3 is 2.88 bits per heavy atom. The molecule has 1 amide bonds. The quantitative estimate of drug-likeness (QED) is 0.885. The molecule has 0 saturated carbocycles. The van der Waals surface area contributed by atoms with E-state index >= 15 is 0 Å². The molecule has 1 aromatic heterocycles. The van der Waals surface area contributed by atoms with E-state index in [1.165, 1.54) is 0 Å². The van der Waals surface area contributed by atoms with E-state index < -0.39 is 0 Å².